The van der Waals surface area contributed by atoms with E-state index in [9.17, 15) is 9.59 Å². The molecule has 22 heavy (non-hydrogen) atoms. The van der Waals surface area contributed by atoms with E-state index in [1.54, 1.807) is 36.4 Å². The van der Waals surface area contributed by atoms with Crippen molar-refractivity contribution in [2.24, 2.45) is 0 Å². The van der Waals surface area contributed by atoms with Gasteiger partial charge in [0.15, 0.2) is 6.61 Å². The van der Waals surface area contributed by atoms with E-state index >= 15 is 0 Å². The van der Waals surface area contributed by atoms with Crippen molar-refractivity contribution in [1.29, 1.82) is 0 Å². The fraction of sp³-hybridized carbons (Fsp3) is 0.125. The summed E-state index contributed by atoms with van der Waals surface area (Å²) < 4.78 is 11.6. The lowest BCUT2D eigenvalue weighted by molar-refractivity contribution is -0.136. The molecule has 0 fully saturated rings. The lowest BCUT2D eigenvalue weighted by Crippen LogP contribution is -2.17. The van der Waals surface area contributed by atoms with E-state index in [2.05, 4.69) is 27.9 Å². The van der Waals surface area contributed by atoms with Crippen LogP contribution in [0.2, 0.25) is 0 Å². The molecule has 0 bridgehead atoms. The highest BCUT2D eigenvalue weighted by Gasteiger charge is 2.06. The van der Waals surface area contributed by atoms with Crippen molar-refractivity contribution in [2.45, 2.75) is 6.92 Å². The van der Waals surface area contributed by atoms with Gasteiger partial charge in [-0.2, -0.15) is 0 Å². The summed E-state index contributed by atoms with van der Waals surface area (Å²) in [5, 5.41) is 2.63. The summed E-state index contributed by atoms with van der Waals surface area (Å²) in [6, 6.07) is 13.9. The molecule has 2 aromatic rings. The summed E-state index contributed by atoms with van der Waals surface area (Å²) in [6.45, 7) is 1.25. The Balaban J connectivity index is 1.83. The zero-order valence-electron chi connectivity index (χ0n) is 11.8. The number of rotatable bonds is 5. The largest absolute Gasteiger partial charge is 0.482 e. The van der Waals surface area contributed by atoms with Crippen LogP contribution in [-0.4, -0.2) is 18.5 Å². The van der Waals surface area contributed by atoms with E-state index in [1.807, 2.05) is 12.1 Å². The maximum atomic E-state index is 11.7. The molecule has 0 radical (unpaired) electrons. The molecule has 0 aromatic heterocycles. The quantitative estimate of drug-likeness (QED) is 0.466. The Morgan fingerprint density at radius 2 is 1.59 bits per heavy atom. The first-order valence-electron chi connectivity index (χ1n) is 6.49. The minimum absolute atomic E-state index is 0.157. The number of carbonyl (C=O) groups excluding carboxylic acids is 2. The minimum Gasteiger partial charge on any atom is -0.482 e. The molecule has 114 valence electrons. The number of amides is 1. The summed E-state index contributed by atoms with van der Waals surface area (Å²) in [6.07, 6.45) is 0. The summed E-state index contributed by atoms with van der Waals surface area (Å²) in [5.41, 5.74) is 0.641. The lowest BCUT2D eigenvalue weighted by atomic mass is 10.3. The molecule has 0 aliphatic carbocycles. The molecule has 0 aliphatic heterocycles. The van der Waals surface area contributed by atoms with Crippen LogP contribution in [0.3, 0.4) is 0 Å². The van der Waals surface area contributed by atoms with Crippen LogP contribution in [0.25, 0.3) is 0 Å². The third-order valence-corrected chi connectivity index (χ3v) is 3.30. The highest BCUT2D eigenvalue weighted by Crippen LogP contribution is 2.16. The molecule has 5 nitrogen and oxygen atoms in total. The summed E-state index contributed by atoms with van der Waals surface area (Å²) in [5.74, 6) is 0.352. The van der Waals surface area contributed by atoms with Crippen LogP contribution in [0.5, 0.6) is 11.5 Å². The molecule has 0 unspecified atom stereocenters. The number of nitrogens with one attached hydrogen (secondary N) is 1. The third kappa shape index (κ3) is 5.36. The Morgan fingerprint density at radius 1 is 1.00 bits per heavy atom. The molecule has 1 N–H and O–H groups in total. The minimum atomic E-state index is -0.495. The molecule has 2 rings (SSSR count). The third-order valence-electron chi connectivity index (χ3n) is 2.58. The highest BCUT2D eigenvalue weighted by atomic mass is 127. The summed E-state index contributed by atoms with van der Waals surface area (Å²) in [7, 11) is 0. The molecule has 0 atom stereocenters. The maximum Gasteiger partial charge on any atom is 0.349 e. The molecular formula is C16H14INO4. The lowest BCUT2D eigenvalue weighted by Gasteiger charge is -2.07. The first kappa shape index (κ1) is 16.3. The summed E-state index contributed by atoms with van der Waals surface area (Å²) >= 11 is 2.19. The van der Waals surface area contributed by atoms with Crippen LogP contribution in [-0.2, 0) is 9.59 Å². The standard InChI is InChI=1S/C16H14INO4/c1-11(19)18-13-4-8-15(9-5-13)22-16(20)10-21-14-6-2-12(17)3-7-14/h2-9H,10H2,1H3,(H,18,19). The molecule has 0 aliphatic rings. The molecule has 1 amide bonds. The van der Waals surface area contributed by atoms with Gasteiger partial charge in [0.05, 0.1) is 0 Å². The average molecular weight is 411 g/mol. The molecule has 0 saturated heterocycles. The first-order chi connectivity index (χ1) is 10.5. The molecule has 6 heteroatoms. The Hall–Kier alpha value is -2.09. The number of benzene rings is 2. The smallest absolute Gasteiger partial charge is 0.349 e. The van der Waals surface area contributed by atoms with Gasteiger partial charge in [-0.05, 0) is 71.1 Å². The van der Waals surface area contributed by atoms with E-state index < -0.39 is 5.97 Å². The van der Waals surface area contributed by atoms with E-state index in [1.165, 1.54) is 6.92 Å². The average Bonchev–Trinajstić information content (AvgIpc) is 2.48. The zero-order valence-corrected chi connectivity index (χ0v) is 14.0. The van der Waals surface area contributed by atoms with E-state index in [-0.39, 0.29) is 12.5 Å². The van der Waals surface area contributed by atoms with Crippen molar-refractivity contribution in [3.05, 3.63) is 52.1 Å². The van der Waals surface area contributed by atoms with E-state index in [0.29, 0.717) is 17.2 Å². The Bertz CT molecular complexity index is 653. The van der Waals surface area contributed by atoms with Crippen molar-refractivity contribution < 1.29 is 19.1 Å². The predicted molar refractivity (Wildman–Crippen MR) is 91.0 cm³/mol. The van der Waals surface area contributed by atoms with Gasteiger partial charge in [0, 0.05) is 16.2 Å². The van der Waals surface area contributed by atoms with Gasteiger partial charge in [-0.15, -0.1) is 0 Å². The number of esters is 1. The fourth-order valence-corrected chi connectivity index (χ4v) is 2.00. The van der Waals surface area contributed by atoms with Gasteiger partial charge >= 0.3 is 5.97 Å². The van der Waals surface area contributed by atoms with Crippen molar-refractivity contribution >= 4 is 40.2 Å². The SMILES string of the molecule is CC(=O)Nc1ccc(OC(=O)COc2ccc(I)cc2)cc1. The van der Waals surface area contributed by atoms with Gasteiger partial charge in [-0.1, -0.05) is 0 Å². The molecule has 0 heterocycles. The zero-order chi connectivity index (χ0) is 15.9. The number of hydrogen-bond acceptors (Lipinski definition) is 4. The Labute approximate surface area is 141 Å². The molecule has 0 saturated carbocycles. The highest BCUT2D eigenvalue weighted by molar-refractivity contribution is 14.1. The van der Waals surface area contributed by atoms with Gasteiger partial charge < -0.3 is 14.8 Å². The normalized spacial score (nSPS) is 9.91. The monoisotopic (exact) mass is 411 g/mol. The van der Waals surface area contributed by atoms with Crippen LogP contribution in [0.1, 0.15) is 6.92 Å². The van der Waals surface area contributed by atoms with E-state index in [0.717, 1.165) is 3.57 Å². The molecule has 0 spiro atoms. The van der Waals surface area contributed by atoms with Crippen LogP contribution in [0.15, 0.2) is 48.5 Å². The molecule has 2 aromatic carbocycles. The van der Waals surface area contributed by atoms with Gasteiger partial charge in [-0.3, -0.25) is 4.79 Å². The second-order valence-electron chi connectivity index (χ2n) is 4.42. The Kier molecular flexibility index (Phi) is 5.76. The number of anilines is 1. The number of halogens is 1. The van der Waals surface area contributed by atoms with Gasteiger partial charge in [0.25, 0.3) is 0 Å². The number of ether oxygens (including phenoxy) is 2. The van der Waals surface area contributed by atoms with Gasteiger partial charge in [0.1, 0.15) is 11.5 Å². The Morgan fingerprint density at radius 3 is 2.18 bits per heavy atom. The van der Waals surface area contributed by atoms with Crippen molar-refractivity contribution in [1.82, 2.24) is 0 Å². The maximum absolute atomic E-state index is 11.7. The molecular weight excluding hydrogens is 397 g/mol. The second-order valence-corrected chi connectivity index (χ2v) is 5.67. The van der Waals surface area contributed by atoms with Crippen LogP contribution >= 0.6 is 22.6 Å². The van der Waals surface area contributed by atoms with Crippen molar-refractivity contribution in [2.75, 3.05) is 11.9 Å². The second kappa shape index (κ2) is 7.79. The van der Waals surface area contributed by atoms with Crippen molar-refractivity contribution in [3.63, 3.8) is 0 Å². The van der Waals surface area contributed by atoms with Gasteiger partial charge in [-0.25, -0.2) is 4.79 Å². The van der Waals surface area contributed by atoms with Crippen LogP contribution in [0.4, 0.5) is 5.69 Å². The van der Waals surface area contributed by atoms with Crippen LogP contribution < -0.4 is 14.8 Å². The predicted octanol–water partition coefficient (Wildman–Crippen LogP) is 3.23. The van der Waals surface area contributed by atoms with Gasteiger partial charge in [0.2, 0.25) is 5.91 Å². The number of hydrogen-bond donors (Lipinski definition) is 1. The fourth-order valence-electron chi connectivity index (χ4n) is 1.64. The summed E-state index contributed by atoms with van der Waals surface area (Å²) in [4.78, 5) is 22.6. The topological polar surface area (TPSA) is 64.6 Å². The van der Waals surface area contributed by atoms with Crippen molar-refractivity contribution in [3.8, 4) is 11.5 Å². The number of carbonyl (C=O) groups is 2. The van der Waals surface area contributed by atoms with Crippen LogP contribution in [0, 0.1) is 3.57 Å². The van der Waals surface area contributed by atoms with E-state index in [4.69, 9.17) is 9.47 Å². The first-order valence-corrected chi connectivity index (χ1v) is 7.57.